The minimum Gasteiger partial charge on any atom is -0.346 e. The quantitative estimate of drug-likeness (QED) is 0.722. The highest BCUT2D eigenvalue weighted by Crippen LogP contribution is 2.21. The van der Waals surface area contributed by atoms with Gasteiger partial charge in [0.25, 0.3) is 11.8 Å². The van der Waals surface area contributed by atoms with Crippen molar-refractivity contribution in [3.63, 3.8) is 0 Å². The number of rotatable bonds is 5. The van der Waals surface area contributed by atoms with Gasteiger partial charge in [0.15, 0.2) is 0 Å². The average Bonchev–Trinajstić information content (AvgIpc) is 2.68. The molecule has 26 heavy (non-hydrogen) atoms. The van der Waals surface area contributed by atoms with Crippen molar-refractivity contribution in [3.8, 4) is 0 Å². The molecule has 0 radical (unpaired) electrons. The van der Waals surface area contributed by atoms with E-state index in [1.807, 2.05) is 12.1 Å². The standard InChI is InChI=1S/C18H14ClN5O2/c19-15-9-12(24-18(26)16-11-20-7-8-22-16)4-5-14(15)17(25)23-10-13-3-1-2-6-21-13/h1-9,11H,10H2,(H,23,25)(H,24,26). The SMILES string of the molecule is O=C(Nc1ccc(C(=O)NCc2ccccn2)c(Cl)c1)c1cnccn1. The zero-order chi connectivity index (χ0) is 18.4. The molecule has 0 aliphatic carbocycles. The van der Waals surface area contributed by atoms with Gasteiger partial charge < -0.3 is 10.6 Å². The van der Waals surface area contributed by atoms with Crippen LogP contribution < -0.4 is 10.6 Å². The summed E-state index contributed by atoms with van der Waals surface area (Å²) in [5.41, 5.74) is 1.68. The molecule has 2 heterocycles. The molecule has 2 N–H and O–H groups in total. The molecule has 2 amide bonds. The molecule has 0 saturated carbocycles. The van der Waals surface area contributed by atoms with Gasteiger partial charge in [0.2, 0.25) is 0 Å². The Morgan fingerprint density at radius 3 is 2.58 bits per heavy atom. The second-order valence-electron chi connectivity index (χ2n) is 5.24. The summed E-state index contributed by atoms with van der Waals surface area (Å²) in [6, 6.07) is 10.1. The van der Waals surface area contributed by atoms with E-state index < -0.39 is 5.91 Å². The summed E-state index contributed by atoms with van der Waals surface area (Å²) in [4.78, 5) is 36.2. The predicted octanol–water partition coefficient (Wildman–Crippen LogP) is 2.71. The Morgan fingerprint density at radius 2 is 1.88 bits per heavy atom. The van der Waals surface area contributed by atoms with E-state index in [1.165, 1.54) is 24.7 Å². The number of hydrogen-bond acceptors (Lipinski definition) is 5. The second-order valence-corrected chi connectivity index (χ2v) is 5.65. The van der Waals surface area contributed by atoms with E-state index in [0.29, 0.717) is 17.8 Å². The van der Waals surface area contributed by atoms with Gasteiger partial charge in [-0.1, -0.05) is 17.7 Å². The zero-order valence-electron chi connectivity index (χ0n) is 13.5. The Labute approximate surface area is 154 Å². The van der Waals surface area contributed by atoms with Gasteiger partial charge in [-0.2, -0.15) is 0 Å². The van der Waals surface area contributed by atoms with Gasteiger partial charge in [-0.05, 0) is 30.3 Å². The Balaban J connectivity index is 1.65. The van der Waals surface area contributed by atoms with Crippen LogP contribution in [0.25, 0.3) is 0 Å². The third kappa shape index (κ3) is 4.40. The Morgan fingerprint density at radius 1 is 1.00 bits per heavy atom. The Bertz CT molecular complexity index is 919. The molecule has 3 aromatic rings. The minimum absolute atomic E-state index is 0.181. The maximum Gasteiger partial charge on any atom is 0.275 e. The molecule has 0 saturated heterocycles. The number of hydrogen-bond donors (Lipinski definition) is 2. The van der Waals surface area contributed by atoms with Crippen molar-refractivity contribution in [2.45, 2.75) is 6.54 Å². The van der Waals surface area contributed by atoms with Crippen LogP contribution in [0.3, 0.4) is 0 Å². The van der Waals surface area contributed by atoms with Gasteiger partial charge in [-0.25, -0.2) is 4.98 Å². The van der Waals surface area contributed by atoms with Crippen LogP contribution in [0.2, 0.25) is 5.02 Å². The molecule has 0 aliphatic rings. The summed E-state index contributed by atoms with van der Waals surface area (Å²) in [6.07, 6.45) is 5.92. The first-order chi connectivity index (χ1) is 12.6. The largest absolute Gasteiger partial charge is 0.346 e. The van der Waals surface area contributed by atoms with Crippen LogP contribution in [0.15, 0.2) is 61.2 Å². The number of aromatic nitrogens is 3. The van der Waals surface area contributed by atoms with E-state index in [9.17, 15) is 9.59 Å². The summed E-state index contributed by atoms with van der Waals surface area (Å²) in [6.45, 7) is 0.293. The molecule has 2 aromatic heterocycles. The number of nitrogens with one attached hydrogen (secondary N) is 2. The van der Waals surface area contributed by atoms with E-state index in [0.717, 1.165) is 5.69 Å². The molecule has 0 bridgehead atoms. The van der Waals surface area contributed by atoms with Crippen LogP contribution >= 0.6 is 11.6 Å². The van der Waals surface area contributed by atoms with Crippen LogP contribution in [-0.2, 0) is 6.54 Å². The molecule has 130 valence electrons. The number of carbonyl (C=O) groups excluding carboxylic acids is 2. The highest BCUT2D eigenvalue weighted by atomic mass is 35.5. The fourth-order valence-electron chi connectivity index (χ4n) is 2.16. The molecule has 1 aromatic carbocycles. The Hall–Kier alpha value is -3.32. The molecular weight excluding hydrogens is 354 g/mol. The smallest absolute Gasteiger partial charge is 0.275 e. The molecule has 7 nitrogen and oxygen atoms in total. The second kappa shape index (κ2) is 8.17. The van der Waals surface area contributed by atoms with E-state index >= 15 is 0 Å². The van der Waals surface area contributed by atoms with Crippen molar-refractivity contribution in [1.29, 1.82) is 0 Å². The van der Waals surface area contributed by atoms with Crippen LogP contribution in [0, 0.1) is 0 Å². The molecule has 0 aliphatic heterocycles. The Kier molecular flexibility index (Phi) is 5.50. The number of nitrogens with zero attached hydrogens (tertiary/aromatic N) is 3. The lowest BCUT2D eigenvalue weighted by atomic mass is 10.2. The lowest BCUT2D eigenvalue weighted by Gasteiger charge is -2.09. The van der Waals surface area contributed by atoms with Crippen molar-refractivity contribution in [2.75, 3.05) is 5.32 Å². The first kappa shape index (κ1) is 17.5. The van der Waals surface area contributed by atoms with Crippen molar-refractivity contribution < 1.29 is 9.59 Å². The minimum atomic E-state index is -0.415. The van der Waals surface area contributed by atoms with Crippen molar-refractivity contribution >= 4 is 29.1 Å². The fraction of sp³-hybridized carbons (Fsp3) is 0.0556. The highest BCUT2D eigenvalue weighted by Gasteiger charge is 2.13. The number of amides is 2. The van der Waals surface area contributed by atoms with Crippen molar-refractivity contribution in [2.24, 2.45) is 0 Å². The van der Waals surface area contributed by atoms with Gasteiger partial charge in [0.1, 0.15) is 5.69 Å². The monoisotopic (exact) mass is 367 g/mol. The fourth-order valence-corrected chi connectivity index (χ4v) is 2.42. The lowest BCUT2D eigenvalue weighted by Crippen LogP contribution is -2.23. The topological polar surface area (TPSA) is 96.9 Å². The van der Waals surface area contributed by atoms with E-state index in [2.05, 4.69) is 25.6 Å². The van der Waals surface area contributed by atoms with Crippen LogP contribution in [0.4, 0.5) is 5.69 Å². The van der Waals surface area contributed by atoms with Crippen molar-refractivity contribution in [3.05, 3.63) is 83.2 Å². The molecule has 0 spiro atoms. The van der Waals surface area contributed by atoms with Gasteiger partial charge in [-0.15, -0.1) is 0 Å². The zero-order valence-corrected chi connectivity index (χ0v) is 14.3. The maximum absolute atomic E-state index is 12.3. The summed E-state index contributed by atoms with van der Waals surface area (Å²) in [5, 5.41) is 5.63. The van der Waals surface area contributed by atoms with Gasteiger partial charge in [-0.3, -0.25) is 19.6 Å². The third-order valence-electron chi connectivity index (χ3n) is 3.42. The molecular formula is C18H14ClN5O2. The van der Waals surface area contributed by atoms with Crippen LogP contribution in [0.1, 0.15) is 26.5 Å². The van der Waals surface area contributed by atoms with E-state index in [4.69, 9.17) is 11.6 Å². The van der Waals surface area contributed by atoms with Crippen LogP contribution in [0.5, 0.6) is 0 Å². The number of anilines is 1. The molecule has 0 fully saturated rings. The number of halogens is 1. The summed E-state index contributed by atoms with van der Waals surface area (Å²) >= 11 is 6.18. The number of pyridine rings is 1. The normalized spacial score (nSPS) is 10.2. The first-order valence-corrected chi connectivity index (χ1v) is 8.06. The maximum atomic E-state index is 12.3. The van der Waals surface area contributed by atoms with E-state index in [-0.39, 0.29) is 16.6 Å². The third-order valence-corrected chi connectivity index (χ3v) is 3.74. The van der Waals surface area contributed by atoms with Gasteiger partial charge in [0, 0.05) is 24.3 Å². The summed E-state index contributed by atoms with van der Waals surface area (Å²) < 4.78 is 0. The summed E-state index contributed by atoms with van der Waals surface area (Å²) in [5.74, 6) is -0.742. The first-order valence-electron chi connectivity index (χ1n) is 7.68. The molecule has 0 unspecified atom stereocenters. The predicted molar refractivity (Wildman–Crippen MR) is 96.8 cm³/mol. The lowest BCUT2D eigenvalue weighted by molar-refractivity contribution is 0.0950. The van der Waals surface area contributed by atoms with Crippen molar-refractivity contribution in [1.82, 2.24) is 20.3 Å². The van der Waals surface area contributed by atoms with Gasteiger partial charge >= 0.3 is 0 Å². The molecule has 3 rings (SSSR count). The summed E-state index contributed by atoms with van der Waals surface area (Å²) in [7, 11) is 0. The van der Waals surface area contributed by atoms with Crippen LogP contribution in [-0.4, -0.2) is 26.8 Å². The van der Waals surface area contributed by atoms with Gasteiger partial charge in [0.05, 0.1) is 29.0 Å². The number of carbonyl (C=O) groups is 2. The van der Waals surface area contributed by atoms with E-state index in [1.54, 1.807) is 24.4 Å². The molecule has 0 atom stereocenters. The molecule has 8 heteroatoms. The number of benzene rings is 1. The highest BCUT2D eigenvalue weighted by molar-refractivity contribution is 6.34. The average molecular weight is 368 g/mol.